The molecule has 0 radical (unpaired) electrons. The molecule has 1 aromatic carbocycles. The second kappa shape index (κ2) is 7.57. The maximum Gasteiger partial charge on any atom is 0.117 e. The maximum atomic E-state index is 9.35. The molecule has 0 saturated carbocycles. The topological polar surface area (TPSA) is 58.0 Å². The molecule has 0 amide bonds. The minimum Gasteiger partial charge on any atom is -0.395 e. The molecule has 0 aliphatic carbocycles. The van der Waals surface area contributed by atoms with Crippen LogP contribution in [0.15, 0.2) is 35.6 Å². The molecule has 1 heterocycles. The van der Waals surface area contributed by atoms with Gasteiger partial charge in [-0.3, -0.25) is 0 Å². The first kappa shape index (κ1) is 15.2. The fraction of sp³-hybridized carbons (Fsp3) is 0.467. The number of rotatable bonds is 7. The molecule has 0 saturated heterocycles. The largest absolute Gasteiger partial charge is 0.395 e. The number of hydrogen-bond acceptors (Lipinski definition) is 5. The molecule has 1 aromatic heterocycles. The fourth-order valence-corrected chi connectivity index (χ4v) is 3.14. The number of hydrogen-bond donors (Lipinski definition) is 2. The third-order valence-corrected chi connectivity index (χ3v) is 4.04. The van der Waals surface area contributed by atoms with E-state index < -0.39 is 0 Å². The zero-order chi connectivity index (χ0) is 14.4. The number of fused-ring (bicyclic) bond motifs is 1. The Morgan fingerprint density at radius 2 is 2.05 bits per heavy atom. The molecule has 108 valence electrons. The lowest BCUT2D eigenvalue weighted by atomic mass is 10.2. The zero-order valence-electron chi connectivity index (χ0n) is 11.9. The van der Waals surface area contributed by atoms with Gasteiger partial charge in [0, 0.05) is 23.2 Å². The van der Waals surface area contributed by atoms with Gasteiger partial charge in [-0.15, -0.1) is 11.8 Å². The van der Waals surface area contributed by atoms with Crippen LogP contribution >= 0.6 is 11.8 Å². The first-order chi connectivity index (χ1) is 9.70. The van der Waals surface area contributed by atoms with Gasteiger partial charge in [-0.05, 0) is 12.5 Å². The predicted octanol–water partition coefficient (Wildman–Crippen LogP) is 2.47. The SMILES string of the molecule is CC(C)NC(CO)CCSc1ncnc2ccccc12. The molecule has 0 bridgehead atoms. The van der Waals surface area contributed by atoms with E-state index in [0.717, 1.165) is 28.1 Å². The summed E-state index contributed by atoms with van der Waals surface area (Å²) in [5, 5.41) is 14.8. The molecule has 5 heteroatoms. The average Bonchev–Trinajstić information content (AvgIpc) is 2.46. The van der Waals surface area contributed by atoms with Crippen LogP contribution in [0, 0.1) is 0 Å². The second-order valence-electron chi connectivity index (χ2n) is 5.03. The fourth-order valence-electron chi connectivity index (χ4n) is 2.09. The van der Waals surface area contributed by atoms with Crippen molar-refractivity contribution in [3.63, 3.8) is 0 Å². The lowest BCUT2D eigenvalue weighted by molar-refractivity contribution is 0.232. The third-order valence-electron chi connectivity index (χ3n) is 3.00. The van der Waals surface area contributed by atoms with Crippen LogP contribution in [-0.4, -0.2) is 39.5 Å². The monoisotopic (exact) mass is 291 g/mol. The number of para-hydroxylation sites is 1. The van der Waals surface area contributed by atoms with Gasteiger partial charge in [0.1, 0.15) is 11.4 Å². The standard InChI is InChI=1S/C15H21N3OS/c1-11(2)18-12(9-19)7-8-20-15-13-5-3-4-6-14(13)16-10-17-15/h3-6,10-12,18-19H,7-9H2,1-2H3. The van der Waals surface area contributed by atoms with Gasteiger partial charge in [0.05, 0.1) is 12.1 Å². The number of thioether (sulfide) groups is 1. The van der Waals surface area contributed by atoms with E-state index in [2.05, 4.69) is 29.1 Å². The zero-order valence-corrected chi connectivity index (χ0v) is 12.7. The number of aromatic nitrogens is 2. The Labute approximate surface area is 124 Å². The Kier molecular flexibility index (Phi) is 5.76. The summed E-state index contributed by atoms with van der Waals surface area (Å²) in [6, 6.07) is 8.57. The molecule has 2 rings (SSSR count). The highest BCUT2D eigenvalue weighted by atomic mass is 32.2. The van der Waals surface area contributed by atoms with Crippen LogP contribution in [0.2, 0.25) is 0 Å². The summed E-state index contributed by atoms with van der Waals surface area (Å²) in [6.07, 6.45) is 2.53. The summed E-state index contributed by atoms with van der Waals surface area (Å²) in [5.41, 5.74) is 0.976. The van der Waals surface area contributed by atoms with E-state index in [-0.39, 0.29) is 12.6 Å². The molecule has 0 aliphatic heterocycles. The summed E-state index contributed by atoms with van der Waals surface area (Å²) >= 11 is 1.72. The van der Waals surface area contributed by atoms with Gasteiger partial charge in [0.25, 0.3) is 0 Å². The van der Waals surface area contributed by atoms with E-state index in [0.29, 0.717) is 6.04 Å². The molecule has 4 nitrogen and oxygen atoms in total. The van der Waals surface area contributed by atoms with Crippen molar-refractivity contribution in [1.82, 2.24) is 15.3 Å². The van der Waals surface area contributed by atoms with E-state index in [9.17, 15) is 5.11 Å². The maximum absolute atomic E-state index is 9.35. The number of aliphatic hydroxyl groups excluding tert-OH is 1. The lowest BCUT2D eigenvalue weighted by Gasteiger charge is -2.18. The van der Waals surface area contributed by atoms with Crippen LogP contribution in [-0.2, 0) is 0 Å². The smallest absolute Gasteiger partial charge is 0.117 e. The van der Waals surface area contributed by atoms with Crippen molar-refractivity contribution < 1.29 is 5.11 Å². The highest BCUT2D eigenvalue weighted by molar-refractivity contribution is 7.99. The van der Waals surface area contributed by atoms with Crippen molar-refractivity contribution in [3.8, 4) is 0 Å². The van der Waals surface area contributed by atoms with E-state index >= 15 is 0 Å². The summed E-state index contributed by atoms with van der Waals surface area (Å²) in [4.78, 5) is 8.62. The van der Waals surface area contributed by atoms with Gasteiger partial charge >= 0.3 is 0 Å². The molecule has 0 fully saturated rings. The van der Waals surface area contributed by atoms with Crippen LogP contribution in [0.25, 0.3) is 10.9 Å². The van der Waals surface area contributed by atoms with Crippen LogP contribution in [0.4, 0.5) is 0 Å². The summed E-state index contributed by atoms with van der Waals surface area (Å²) in [5.74, 6) is 0.923. The first-order valence-electron chi connectivity index (χ1n) is 6.90. The van der Waals surface area contributed by atoms with Crippen molar-refractivity contribution >= 4 is 22.7 Å². The third kappa shape index (κ3) is 4.16. The molecule has 1 atom stereocenters. The van der Waals surface area contributed by atoms with Gasteiger partial charge in [-0.1, -0.05) is 32.0 Å². The average molecular weight is 291 g/mol. The highest BCUT2D eigenvalue weighted by Gasteiger charge is 2.10. The normalized spacial score (nSPS) is 13.0. The Balaban J connectivity index is 1.96. The molecule has 2 N–H and O–H groups in total. The Morgan fingerprint density at radius 1 is 1.25 bits per heavy atom. The van der Waals surface area contributed by atoms with Gasteiger partial charge in [0.15, 0.2) is 0 Å². The molecule has 1 unspecified atom stereocenters. The van der Waals surface area contributed by atoms with Gasteiger partial charge in [0.2, 0.25) is 0 Å². The predicted molar refractivity (Wildman–Crippen MR) is 84.0 cm³/mol. The summed E-state index contributed by atoms with van der Waals surface area (Å²) in [6.45, 7) is 4.35. The lowest BCUT2D eigenvalue weighted by Crippen LogP contribution is -2.37. The Morgan fingerprint density at radius 3 is 2.80 bits per heavy atom. The van der Waals surface area contributed by atoms with Crippen molar-refractivity contribution in [2.45, 2.75) is 37.4 Å². The van der Waals surface area contributed by atoms with Crippen LogP contribution < -0.4 is 5.32 Å². The van der Waals surface area contributed by atoms with E-state index in [4.69, 9.17) is 0 Å². The number of nitrogens with zero attached hydrogens (tertiary/aromatic N) is 2. The molecule has 0 spiro atoms. The van der Waals surface area contributed by atoms with Crippen molar-refractivity contribution in [1.29, 1.82) is 0 Å². The number of nitrogens with one attached hydrogen (secondary N) is 1. The number of benzene rings is 1. The van der Waals surface area contributed by atoms with E-state index in [1.54, 1.807) is 18.1 Å². The Hall–Kier alpha value is -1.17. The minimum atomic E-state index is 0.149. The van der Waals surface area contributed by atoms with Gasteiger partial charge < -0.3 is 10.4 Å². The van der Waals surface area contributed by atoms with E-state index in [1.807, 2.05) is 24.3 Å². The number of aliphatic hydroxyl groups is 1. The molecule has 2 aromatic rings. The molecule has 20 heavy (non-hydrogen) atoms. The van der Waals surface area contributed by atoms with Crippen LogP contribution in [0.1, 0.15) is 20.3 Å². The van der Waals surface area contributed by atoms with Crippen LogP contribution in [0.5, 0.6) is 0 Å². The first-order valence-corrected chi connectivity index (χ1v) is 7.88. The summed E-state index contributed by atoms with van der Waals surface area (Å²) < 4.78 is 0. The van der Waals surface area contributed by atoms with Crippen LogP contribution in [0.3, 0.4) is 0 Å². The highest BCUT2D eigenvalue weighted by Crippen LogP contribution is 2.24. The molecular formula is C15H21N3OS. The van der Waals surface area contributed by atoms with Crippen molar-refractivity contribution in [2.75, 3.05) is 12.4 Å². The quantitative estimate of drug-likeness (QED) is 0.606. The second-order valence-corrected chi connectivity index (χ2v) is 6.12. The van der Waals surface area contributed by atoms with E-state index in [1.165, 1.54) is 0 Å². The summed E-state index contributed by atoms with van der Waals surface area (Å²) in [7, 11) is 0. The van der Waals surface area contributed by atoms with Crippen molar-refractivity contribution in [2.24, 2.45) is 0 Å². The van der Waals surface area contributed by atoms with Gasteiger partial charge in [-0.25, -0.2) is 9.97 Å². The molecular weight excluding hydrogens is 270 g/mol. The van der Waals surface area contributed by atoms with Gasteiger partial charge in [-0.2, -0.15) is 0 Å². The molecule has 0 aliphatic rings. The Bertz CT molecular complexity index is 542. The minimum absolute atomic E-state index is 0.149. The van der Waals surface area contributed by atoms with Crippen molar-refractivity contribution in [3.05, 3.63) is 30.6 Å².